The fourth-order valence-electron chi connectivity index (χ4n) is 5.37. The van der Waals surface area contributed by atoms with E-state index in [1.54, 1.807) is 12.3 Å². The van der Waals surface area contributed by atoms with Gasteiger partial charge in [-0.2, -0.15) is 26.3 Å². The third-order valence-electron chi connectivity index (χ3n) is 7.75. The number of thiazole rings is 1. The minimum absolute atomic E-state index is 0.0587. The van der Waals surface area contributed by atoms with Gasteiger partial charge in [0.15, 0.2) is 10.8 Å². The summed E-state index contributed by atoms with van der Waals surface area (Å²) in [6.45, 7) is 6.08. The van der Waals surface area contributed by atoms with Crippen LogP contribution in [-0.4, -0.2) is 20.6 Å². The Balaban J connectivity index is 1.27. The zero-order valence-corrected chi connectivity index (χ0v) is 26.6. The number of halogens is 6. The first-order valence-electron chi connectivity index (χ1n) is 14.7. The number of aliphatic carboxylic acids is 1. The highest BCUT2D eigenvalue weighted by Gasteiger charge is 2.37. The Morgan fingerprint density at radius 2 is 1.62 bits per heavy atom. The van der Waals surface area contributed by atoms with Gasteiger partial charge in [-0.05, 0) is 71.3 Å². The van der Waals surface area contributed by atoms with E-state index < -0.39 is 36.1 Å². The number of carbonyl (C=O) groups is 1. The molecule has 0 atom stereocenters. The molecule has 0 unspecified atom stereocenters. The fourth-order valence-corrected chi connectivity index (χ4v) is 6.37. The average Bonchev–Trinajstić information content (AvgIpc) is 3.72. The van der Waals surface area contributed by atoms with Gasteiger partial charge in [-0.15, -0.1) is 11.3 Å². The highest BCUT2D eigenvalue weighted by Crippen LogP contribution is 2.37. The molecule has 0 aliphatic heterocycles. The van der Waals surface area contributed by atoms with Crippen LogP contribution < -0.4 is 4.74 Å². The third-order valence-corrected chi connectivity index (χ3v) is 8.60. The van der Waals surface area contributed by atoms with Crippen LogP contribution in [0.3, 0.4) is 0 Å². The first kappa shape index (κ1) is 33.1. The van der Waals surface area contributed by atoms with E-state index in [0.717, 1.165) is 21.7 Å². The van der Waals surface area contributed by atoms with Crippen molar-refractivity contribution in [3.05, 3.63) is 106 Å². The monoisotopic (exact) mass is 686 g/mol. The van der Waals surface area contributed by atoms with Crippen molar-refractivity contribution in [2.75, 3.05) is 0 Å². The van der Waals surface area contributed by atoms with Crippen LogP contribution in [0.4, 0.5) is 26.3 Å². The van der Waals surface area contributed by atoms with Crippen LogP contribution in [0.5, 0.6) is 5.75 Å². The number of carboxylic acids is 1. The van der Waals surface area contributed by atoms with E-state index in [-0.39, 0.29) is 29.2 Å². The predicted molar refractivity (Wildman–Crippen MR) is 169 cm³/mol. The van der Waals surface area contributed by atoms with Gasteiger partial charge in [0, 0.05) is 39.8 Å². The van der Waals surface area contributed by atoms with E-state index in [1.807, 2.05) is 34.2 Å². The Labute approximate surface area is 274 Å². The maximum absolute atomic E-state index is 13.3. The highest BCUT2D eigenvalue weighted by atomic mass is 32.1. The lowest BCUT2D eigenvalue weighted by Crippen LogP contribution is -2.12. The van der Waals surface area contributed by atoms with Crippen molar-refractivity contribution in [2.24, 2.45) is 0 Å². The molecule has 6 nitrogen and oxygen atoms in total. The topological polar surface area (TPSA) is 77.5 Å². The lowest BCUT2D eigenvalue weighted by atomic mass is 9.93. The van der Waals surface area contributed by atoms with Crippen LogP contribution in [0, 0.1) is 0 Å². The molecule has 1 N–H and O–H groups in total. The molecular formula is C35H28F6N2O4S. The number of alkyl halides is 6. The smallest absolute Gasteiger partial charge is 0.416 e. The van der Waals surface area contributed by atoms with E-state index in [1.165, 1.54) is 23.5 Å². The average molecular weight is 687 g/mol. The minimum atomic E-state index is -4.98. The molecule has 250 valence electrons. The largest absolute Gasteiger partial charge is 0.489 e. The molecule has 13 heteroatoms. The normalized spacial score (nSPS) is 12.7. The summed E-state index contributed by atoms with van der Waals surface area (Å²) in [4.78, 5) is 16.4. The van der Waals surface area contributed by atoms with Crippen LogP contribution >= 0.6 is 11.3 Å². The van der Waals surface area contributed by atoms with Crippen molar-refractivity contribution in [2.45, 2.75) is 58.1 Å². The number of fused-ring (bicyclic) bond motifs is 2. The van der Waals surface area contributed by atoms with Crippen molar-refractivity contribution in [3.63, 3.8) is 0 Å². The summed E-state index contributed by atoms with van der Waals surface area (Å²) in [5, 5.41) is 13.7. The zero-order valence-electron chi connectivity index (χ0n) is 25.8. The Bertz CT molecular complexity index is 2120. The maximum atomic E-state index is 13.3. The Kier molecular flexibility index (Phi) is 8.30. The molecule has 0 amide bonds. The molecule has 0 spiro atoms. The van der Waals surface area contributed by atoms with Crippen LogP contribution in [0.25, 0.3) is 32.6 Å². The summed E-state index contributed by atoms with van der Waals surface area (Å²) < 4.78 is 93.4. The predicted octanol–water partition coefficient (Wildman–Crippen LogP) is 10.1. The lowest BCUT2D eigenvalue weighted by Gasteiger charge is -2.15. The van der Waals surface area contributed by atoms with E-state index in [2.05, 4.69) is 20.8 Å². The molecule has 0 aliphatic carbocycles. The SMILES string of the molecule is CC(C)(C)c1csc(-c2cc3cc(Cn4cc(CC(=O)O)c5cc(OCc6cc(C(F)(F)F)cc(C(F)(F)F)c6)ccc54)ccc3o2)n1. The molecule has 3 aromatic carbocycles. The molecule has 48 heavy (non-hydrogen) atoms. The Morgan fingerprint density at radius 3 is 2.25 bits per heavy atom. The third kappa shape index (κ3) is 7.05. The quantitative estimate of drug-likeness (QED) is 0.161. The molecule has 6 aromatic rings. The van der Waals surface area contributed by atoms with Gasteiger partial charge in [-0.1, -0.05) is 26.8 Å². The molecule has 3 heterocycles. The van der Waals surface area contributed by atoms with Crippen molar-refractivity contribution >= 4 is 39.2 Å². The number of carboxylic acid groups (broad SMARTS) is 1. The number of nitrogens with zero attached hydrogens (tertiary/aromatic N) is 2. The van der Waals surface area contributed by atoms with Gasteiger partial charge in [0.25, 0.3) is 0 Å². The summed E-state index contributed by atoms with van der Waals surface area (Å²) in [7, 11) is 0. The van der Waals surface area contributed by atoms with Crippen LogP contribution in [0.15, 0.2) is 76.7 Å². The van der Waals surface area contributed by atoms with Gasteiger partial charge >= 0.3 is 18.3 Å². The van der Waals surface area contributed by atoms with Crippen molar-refractivity contribution in [1.29, 1.82) is 0 Å². The number of rotatable bonds is 8. The molecule has 0 saturated heterocycles. The summed E-state index contributed by atoms with van der Waals surface area (Å²) in [5.74, 6) is -0.264. The van der Waals surface area contributed by atoms with Gasteiger partial charge in [0.1, 0.15) is 17.9 Å². The number of benzene rings is 3. The van der Waals surface area contributed by atoms with Gasteiger partial charge < -0.3 is 18.8 Å². The van der Waals surface area contributed by atoms with Crippen molar-refractivity contribution < 1.29 is 45.4 Å². The summed E-state index contributed by atoms with van der Waals surface area (Å²) in [6.07, 6.45) is -8.57. The second-order valence-corrected chi connectivity index (χ2v) is 13.4. The van der Waals surface area contributed by atoms with E-state index in [0.29, 0.717) is 46.5 Å². The molecular weight excluding hydrogens is 658 g/mol. The van der Waals surface area contributed by atoms with Gasteiger partial charge in [0.2, 0.25) is 0 Å². The zero-order chi connectivity index (χ0) is 34.6. The molecule has 6 rings (SSSR count). The van der Waals surface area contributed by atoms with Crippen molar-refractivity contribution in [3.8, 4) is 16.5 Å². The summed E-state index contributed by atoms with van der Waals surface area (Å²) in [5.41, 5.74) is 0.425. The van der Waals surface area contributed by atoms with E-state index >= 15 is 0 Å². The van der Waals surface area contributed by atoms with E-state index in [9.17, 15) is 36.2 Å². The second kappa shape index (κ2) is 12.0. The molecule has 0 fully saturated rings. The molecule has 0 bridgehead atoms. The van der Waals surface area contributed by atoms with Crippen LogP contribution in [0.1, 0.15) is 54.3 Å². The number of aromatic nitrogens is 2. The Morgan fingerprint density at radius 1 is 0.917 bits per heavy atom. The van der Waals surface area contributed by atoms with Gasteiger partial charge in [0.05, 0.1) is 23.2 Å². The second-order valence-electron chi connectivity index (χ2n) is 12.5. The first-order chi connectivity index (χ1) is 22.4. The Hall–Kier alpha value is -4.78. The first-order valence-corrected chi connectivity index (χ1v) is 15.6. The molecule has 0 aliphatic rings. The number of ether oxygens (including phenoxy) is 1. The van der Waals surface area contributed by atoms with Crippen LogP contribution in [0.2, 0.25) is 0 Å². The highest BCUT2D eigenvalue weighted by molar-refractivity contribution is 7.13. The number of hydrogen-bond donors (Lipinski definition) is 1. The number of hydrogen-bond acceptors (Lipinski definition) is 5. The lowest BCUT2D eigenvalue weighted by molar-refractivity contribution is -0.143. The maximum Gasteiger partial charge on any atom is 0.416 e. The molecule has 0 saturated carbocycles. The summed E-state index contributed by atoms with van der Waals surface area (Å²) >= 11 is 1.51. The minimum Gasteiger partial charge on any atom is -0.489 e. The molecule has 3 aromatic heterocycles. The van der Waals surface area contributed by atoms with Crippen LogP contribution in [-0.2, 0) is 42.1 Å². The van der Waals surface area contributed by atoms with E-state index in [4.69, 9.17) is 14.1 Å². The van der Waals surface area contributed by atoms with Crippen molar-refractivity contribution in [1.82, 2.24) is 9.55 Å². The molecule has 0 radical (unpaired) electrons. The number of furan rings is 1. The fraction of sp³-hybridized carbons (Fsp3) is 0.257. The summed E-state index contributed by atoms with van der Waals surface area (Å²) in [6, 6.07) is 13.7. The standard InChI is InChI=1S/C35H28F6N2O4S/c1-33(2,3)30-18-48-32(42-30)29-11-21-8-19(4-7-28(21)47-29)15-43-16-22(12-31(44)45)26-14-25(5-6-27(26)43)46-17-20-9-23(34(36,37)38)13-24(10-20)35(39,40)41/h4-11,13-14,16,18H,12,15,17H2,1-3H3,(H,44,45). The van der Waals surface area contributed by atoms with Gasteiger partial charge in [-0.25, -0.2) is 4.98 Å². The van der Waals surface area contributed by atoms with Gasteiger partial charge in [-0.3, -0.25) is 4.79 Å².